The van der Waals surface area contributed by atoms with Gasteiger partial charge in [0, 0.05) is 22.2 Å². The molecule has 0 heterocycles. The van der Waals surface area contributed by atoms with Crippen LogP contribution in [0, 0.1) is 39.5 Å². The molecule has 3 aliphatic rings. The molecule has 3 saturated carbocycles. The highest BCUT2D eigenvalue weighted by Gasteiger charge is 2.69. The number of nitrogen functional groups attached to an aromatic ring is 2. The van der Waals surface area contributed by atoms with Gasteiger partial charge in [0.2, 0.25) is 0 Å². The topological polar surface area (TPSA) is 70.5 Å². The number of benzene rings is 4. The third kappa shape index (κ3) is 4.02. The number of aryl methyl sites for hydroxylation is 4. The van der Waals surface area contributed by atoms with E-state index < -0.39 is 0 Å². The Bertz CT molecular complexity index is 1610. The van der Waals surface area contributed by atoms with Crippen molar-refractivity contribution in [2.24, 2.45) is 11.8 Å². The van der Waals surface area contributed by atoms with Crippen LogP contribution >= 0.6 is 0 Å². The molecule has 4 atom stereocenters. The summed E-state index contributed by atoms with van der Waals surface area (Å²) in [5, 5.41) is 0. The molecule has 3 aliphatic carbocycles. The van der Waals surface area contributed by atoms with Crippen molar-refractivity contribution in [3.63, 3.8) is 0 Å². The molecule has 0 radical (unpaired) electrons. The average Bonchev–Trinajstić information content (AvgIpc) is 3.67. The average molecular weight is 559 g/mol. The monoisotopic (exact) mass is 558 g/mol. The Morgan fingerprint density at radius 3 is 1.60 bits per heavy atom. The number of rotatable bonds is 6. The van der Waals surface area contributed by atoms with E-state index in [1.807, 2.05) is 48.5 Å². The van der Waals surface area contributed by atoms with Gasteiger partial charge in [-0.3, -0.25) is 0 Å². The second-order valence-electron chi connectivity index (χ2n) is 13.3. The number of hydrogen-bond donors (Lipinski definition) is 2. The van der Waals surface area contributed by atoms with Crippen molar-refractivity contribution in [3.8, 4) is 23.0 Å². The lowest BCUT2D eigenvalue weighted by Crippen LogP contribution is -2.48. The van der Waals surface area contributed by atoms with Gasteiger partial charge in [0.15, 0.2) is 0 Å². The van der Waals surface area contributed by atoms with Crippen LogP contribution in [-0.4, -0.2) is 0 Å². The zero-order chi connectivity index (χ0) is 29.2. The molecule has 216 valence electrons. The summed E-state index contributed by atoms with van der Waals surface area (Å²) < 4.78 is 12.8. The highest BCUT2D eigenvalue weighted by Crippen LogP contribution is 2.73. The molecule has 0 spiro atoms. The molecule has 4 aromatic rings. The fraction of sp³-hybridized carbons (Fsp3) is 0.368. The smallest absolute Gasteiger partial charge is 0.133 e. The Morgan fingerprint density at radius 2 is 1.10 bits per heavy atom. The maximum Gasteiger partial charge on any atom is 0.133 e. The van der Waals surface area contributed by atoms with Crippen LogP contribution in [0.3, 0.4) is 0 Å². The molecule has 0 amide bonds. The first kappa shape index (κ1) is 26.9. The van der Waals surface area contributed by atoms with Crippen molar-refractivity contribution in [1.82, 2.24) is 0 Å². The Hall–Kier alpha value is -3.92. The third-order valence-electron chi connectivity index (χ3n) is 10.9. The minimum Gasteiger partial charge on any atom is -0.457 e. The highest BCUT2D eigenvalue weighted by atomic mass is 16.5. The lowest BCUT2D eigenvalue weighted by atomic mass is 9.53. The van der Waals surface area contributed by atoms with E-state index in [4.69, 9.17) is 20.9 Å². The van der Waals surface area contributed by atoms with Crippen molar-refractivity contribution < 1.29 is 9.47 Å². The molecule has 0 saturated heterocycles. The molecule has 0 aliphatic heterocycles. The lowest BCUT2D eigenvalue weighted by Gasteiger charge is -2.50. The molecule has 4 N–H and O–H groups in total. The molecule has 4 nitrogen and oxygen atoms in total. The summed E-state index contributed by atoms with van der Waals surface area (Å²) in [6.07, 6.45) is 7.78. The van der Waals surface area contributed by atoms with E-state index in [2.05, 4.69) is 52.0 Å². The minimum atomic E-state index is 0.145. The molecule has 3 fully saturated rings. The van der Waals surface area contributed by atoms with Crippen LogP contribution in [0.25, 0.3) is 0 Å². The molecule has 4 unspecified atom stereocenters. The molecule has 2 bridgehead atoms. The Kier molecular flexibility index (Phi) is 6.31. The number of hydrogen-bond acceptors (Lipinski definition) is 4. The summed E-state index contributed by atoms with van der Waals surface area (Å²) in [6.45, 7) is 8.83. The highest BCUT2D eigenvalue weighted by molar-refractivity contribution is 5.56. The van der Waals surface area contributed by atoms with Crippen LogP contribution in [0.5, 0.6) is 23.0 Å². The van der Waals surface area contributed by atoms with Crippen LogP contribution in [0.15, 0.2) is 72.8 Å². The second-order valence-corrected chi connectivity index (χ2v) is 13.3. The maximum atomic E-state index is 6.42. The summed E-state index contributed by atoms with van der Waals surface area (Å²) in [7, 11) is 0. The standard InChI is InChI=1S/C38H42N2O2/c1-23-18-28(19-24(2)35(23)41-32-11-7-30(39)8-12-32)37-17-15-27(22-37)34-6-5-16-38(34,37)29-20-25(3)36(26(4)21-29)42-33-13-9-31(40)10-14-33/h7-14,18-21,27,34H,5-6,15-17,22,39-40H2,1-4H3. The number of ether oxygens (including phenoxy) is 2. The third-order valence-corrected chi connectivity index (χ3v) is 10.9. The van der Waals surface area contributed by atoms with E-state index in [-0.39, 0.29) is 10.8 Å². The molecule has 7 rings (SSSR count). The van der Waals surface area contributed by atoms with Crippen LogP contribution in [0.4, 0.5) is 11.4 Å². The first-order valence-corrected chi connectivity index (χ1v) is 15.5. The fourth-order valence-electron chi connectivity index (χ4n) is 9.32. The zero-order valence-electron chi connectivity index (χ0n) is 25.3. The van der Waals surface area contributed by atoms with E-state index in [9.17, 15) is 0 Å². The van der Waals surface area contributed by atoms with Crippen molar-refractivity contribution in [3.05, 3.63) is 106 Å². The first-order valence-electron chi connectivity index (χ1n) is 15.5. The molecule has 4 heteroatoms. The Morgan fingerprint density at radius 1 is 0.619 bits per heavy atom. The quantitative estimate of drug-likeness (QED) is 0.231. The van der Waals surface area contributed by atoms with E-state index in [0.29, 0.717) is 0 Å². The van der Waals surface area contributed by atoms with E-state index in [1.54, 1.807) is 0 Å². The van der Waals surface area contributed by atoms with E-state index in [1.165, 1.54) is 71.9 Å². The molecular weight excluding hydrogens is 516 g/mol. The van der Waals surface area contributed by atoms with Gasteiger partial charge in [-0.15, -0.1) is 0 Å². The van der Waals surface area contributed by atoms with Crippen molar-refractivity contribution >= 4 is 11.4 Å². The van der Waals surface area contributed by atoms with Crippen LogP contribution < -0.4 is 20.9 Å². The number of anilines is 2. The Balaban J connectivity index is 1.29. The lowest BCUT2D eigenvalue weighted by molar-refractivity contribution is 0.170. The Labute approximate surface area is 250 Å². The summed E-state index contributed by atoms with van der Waals surface area (Å²) in [4.78, 5) is 0. The summed E-state index contributed by atoms with van der Waals surface area (Å²) in [5.41, 5.74) is 21.5. The van der Waals surface area contributed by atoms with E-state index >= 15 is 0 Å². The van der Waals surface area contributed by atoms with Gasteiger partial charge < -0.3 is 20.9 Å². The molecule has 0 aromatic heterocycles. The van der Waals surface area contributed by atoms with Crippen LogP contribution in [0.2, 0.25) is 0 Å². The molecule has 4 aromatic carbocycles. The zero-order valence-corrected chi connectivity index (χ0v) is 25.3. The largest absolute Gasteiger partial charge is 0.457 e. The maximum absolute atomic E-state index is 6.42. The minimum absolute atomic E-state index is 0.145. The first-order chi connectivity index (χ1) is 20.2. The van der Waals surface area contributed by atoms with Crippen LogP contribution in [-0.2, 0) is 10.8 Å². The number of fused-ring (bicyclic) bond motifs is 5. The number of nitrogens with two attached hydrogens (primary N) is 2. The van der Waals surface area contributed by atoms with Crippen molar-refractivity contribution in [1.29, 1.82) is 0 Å². The van der Waals surface area contributed by atoms with E-state index in [0.717, 1.165) is 46.2 Å². The van der Waals surface area contributed by atoms with Crippen molar-refractivity contribution in [2.75, 3.05) is 11.5 Å². The van der Waals surface area contributed by atoms with Gasteiger partial charge in [-0.25, -0.2) is 0 Å². The van der Waals surface area contributed by atoms with Gasteiger partial charge >= 0.3 is 0 Å². The van der Waals surface area contributed by atoms with Crippen molar-refractivity contribution in [2.45, 2.75) is 77.0 Å². The van der Waals surface area contributed by atoms with Gasteiger partial charge in [-0.1, -0.05) is 30.7 Å². The fourth-order valence-corrected chi connectivity index (χ4v) is 9.32. The van der Waals surface area contributed by atoms with Gasteiger partial charge in [-0.2, -0.15) is 0 Å². The SMILES string of the molecule is Cc1cc(C23CCC(C2)C2CCCC23c2cc(C)c(Oc3ccc(N)cc3)c(C)c2)cc(C)c1Oc1ccc(N)cc1. The summed E-state index contributed by atoms with van der Waals surface area (Å²) >= 11 is 0. The van der Waals surface area contributed by atoms with Crippen LogP contribution in [0.1, 0.15) is 71.9 Å². The second kappa shape index (κ2) is 9.83. The predicted octanol–water partition coefficient (Wildman–Crippen LogP) is 9.46. The molecular formula is C38H42N2O2. The van der Waals surface area contributed by atoms with Gasteiger partial charge in [0.25, 0.3) is 0 Å². The van der Waals surface area contributed by atoms with Gasteiger partial charge in [-0.05, 0) is 154 Å². The van der Waals surface area contributed by atoms with Gasteiger partial charge in [0.05, 0.1) is 0 Å². The molecule has 42 heavy (non-hydrogen) atoms. The summed E-state index contributed by atoms with van der Waals surface area (Å²) in [6, 6.07) is 25.2. The normalized spacial score (nSPS) is 25.9. The predicted molar refractivity (Wildman–Crippen MR) is 172 cm³/mol. The summed E-state index contributed by atoms with van der Waals surface area (Å²) in [5.74, 6) is 5.10. The van der Waals surface area contributed by atoms with Gasteiger partial charge in [0.1, 0.15) is 23.0 Å².